The first-order valence-corrected chi connectivity index (χ1v) is 6.83. The maximum atomic E-state index is 12.2. The van der Waals surface area contributed by atoms with Crippen LogP contribution in [0.3, 0.4) is 0 Å². The molecule has 0 bridgehead atoms. The van der Waals surface area contributed by atoms with E-state index in [9.17, 15) is 19.8 Å². The Morgan fingerprint density at radius 2 is 1.75 bits per heavy atom. The molecule has 110 valence electrons. The molecule has 0 heterocycles. The Hall–Kier alpha value is -1.88. The van der Waals surface area contributed by atoms with Crippen LogP contribution < -0.4 is 5.73 Å². The van der Waals surface area contributed by atoms with Crippen LogP contribution in [0.25, 0.3) is 0 Å². The van der Waals surface area contributed by atoms with Gasteiger partial charge in [-0.25, -0.2) is 0 Å². The Kier molecular flexibility index (Phi) is 6.73. The molecule has 1 aromatic carbocycles. The lowest BCUT2D eigenvalue weighted by molar-refractivity contribution is -0.140. The summed E-state index contributed by atoms with van der Waals surface area (Å²) in [6.07, 6.45) is 3.65. The van der Waals surface area contributed by atoms with Gasteiger partial charge >= 0.3 is 5.97 Å². The van der Waals surface area contributed by atoms with Crippen LogP contribution in [0.5, 0.6) is 5.75 Å². The molecule has 1 unspecified atom stereocenters. The molecular formula is C15H21NO4. The van der Waals surface area contributed by atoms with Crippen LogP contribution in [0.2, 0.25) is 0 Å². The van der Waals surface area contributed by atoms with E-state index in [-0.39, 0.29) is 17.7 Å². The lowest BCUT2D eigenvalue weighted by atomic mass is 9.92. The van der Waals surface area contributed by atoms with E-state index in [1.807, 2.05) is 0 Å². The second-order valence-corrected chi connectivity index (χ2v) is 4.76. The van der Waals surface area contributed by atoms with Gasteiger partial charge in [-0.2, -0.15) is 0 Å². The Balaban J connectivity index is 2.64. The summed E-state index contributed by atoms with van der Waals surface area (Å²) < 4.78 is 0. The fraction of sp³-hybridized carbons (Fsp3) is 0.467. The number of Topliss-reactive ketones (excluding diaryl/α,β-unsaturated/α-hetero) is 1. The number of benzene rings is 1. The van der Waals surface area contributed by atoms with Gasteiger partial charge in [-0.05, 0) is 31.5 Å². The number of hydrogen-bond donors (Lipinski definition) is 3. The average Bonchev–Trinajstić information content (AvgIpc) is 2.42. The number of rotatable bonds is 9. The summed E-state index contributed by atoms with van der Waals surface area (Å²) in [4.78, 5) is 23.4. The monoisotopic (exact) mass is 279 g/mol. The number of ketones is 1. The number of aliphatic carboxylic acids is 1. The third kappa shape index (κ3) is 4.66. The molecule has 0 aromatic heterocycles. The molecule has 4 N–H and O–H groups in total. The number of hydrogen-bond acceptors (Lipinski definition) is 4. The summed E-state index contributed by atoms with van der Waals surface area (Å²) in [7, 11) is 0. The van der Waals surface area contributed by atoms with Crippen molar-refractivity contribution in [3.63, 3.8) is 0 Å². The van der Waals surface area contributed by atoms with Crippen LogP contribution in [0.1, 0.15) is 42.5 Å². The first-order valence-electron chi connectivity index (χ1n) is 6.83. The highest BCUT2D eigenvalue weighted by Gasteiger charge is 2.28. The van der Waals surface area contributed by atoms with Gasteiger partial charge in [-0.1, -0.05) is 31.4 Å². The van der Waals surface area contributed by atoms with Crippen molar-refractivity contribution in [2.45, 2.75) is 32.1 Å². The number of carbonyl (C=O) groups excluding carboxylic acids is 1. The molecule has 5 nitrogen and oxygen atoms in total. The zero-order chi connectivity index (χ0) is 15.0. The quantitative estimate of drug-likeness (QED) is 0.365. The van der Waals surface area contributed by atoms with Gasteiger partial charge in [0.25, 0.3) is 0 Å². The largest absolute Gasteiger partial charge is 0.507 e. The normalized spacial score (nSPS) is 12.1. The van der Waals surface area contributed by atoms with E-state index in [4.69, 9.17) is 5.73 Å². The van der Waals surface area contributed by atoms with Gasteiger partial charge in [0.2, 0.25) is 0 Å². The zero-order valence-corrected chi connectivity index (χ0v) is 11.4. The van der Waals surface area contributed by atoms with Crippen molar-refractivity contribution < 1.29 is 19.8 Å². The van der Waals surface area contributed by atoms with E-state index in [2.05, 4.69) is 0 Å². The number of phenolic OH excluding ortho intramolecular Hbond substituents is 1. The van der Waals surface area contributed by atoms with Gasteiger partial charge in [0, 0.05) is 0 Å². The number of para-hydroxylation sites is 1. The number of aromatic hydroxyl groups is 1. The third-order valence-corrected chi connectivity index (χ3v) is 3.23. The van der Waals surface area contributed by atoms with Crippen LogP contribution in [0, 0.1) is 5.92 Å². The molecule has 0 fully saturated rings. The lowest BCUT2D eigenvalue weighted by Gasteiger charge is -2.12. The summed E-state index contributed by atoms with van der Waals surface area (Å²) in [6.45, 7) is 0.624. The van der Waals surface area contributed by atoms with E-state index in [0.717, 1.165) is 19.3 Å². The Labute approximate surface area is 118 Å². The maximum Gasteiger partial charge on any atom is 0.314 e. The Morgan fingerprint density at radius 1 is 1.10 bits per heavy atom. The fourth-order valence-corrected chi connectivity index (χ4v) is 2.08. The molecule has 20 heavy (non-hydrogen) atoms. The van der Waals surface area contributed by atoms with E-state index >= 15 is 0 Å². The molecule has 1 aromatic rings. The van der Waals surface area contributed by atoms with Crippen LogP contribution in [-0.4, -0.2) is 28.5 Å². The van der Waals surface area contributed by atoms with Crippen molar-refractivity contribution in [2.75, 3.05) is 6.54 Å². The first-order chi connectivity index (χ1) is 9.57. The van der Waals surface area contributed by atoms with Gasteiger partial charge < -0.3 is 15.9 Å². The highest BCUT2D eigenvalue weighted by atomic mass is 16.4. The molecule has 0 aliphatic carbocycles. The van der Waals surface area contributed by atoms with Crippen molar-refractivity contribution in [3.05, 3.63) is 29.8 Å². The van der Waals surface area contributed by atoms with E-state index < -0.39 is 17.7 Å². The lowest BCUT2D eigenvalue weighted by Crippen LogP contribution is -2.24. The maximum absolute atomic E-state index is 12.2. The molecule has 1 rings (SSSR count). The molecule has 5 heteroatoms. The predicted molar refractivity (Wildman–Crippen MR) is 75.7 cm³/mol. The van der Waals surface area contributed by atoms with Crippen molar-refractivity contribution in [1.82, 2.24) is 0 Å². The summed E-state index contributed by atoms with van der Waals surface area (Å²) in [5.74, 6) is -2.94. The molecule has 0 aliphatic heterocycles. The van der Waals surface area contributed by atoms with Crippen molar-refractivity contribution in [1.29, 1.82) is 0 Å². The van der Waals surface area contributed by atoms with E-state index in [1.165, 1.54) is 12.1 Å². The van der Waals surface area contributed by atoms with Crippen molar-refractivity contribution in [2.24, 2.45) is 11.7 Å². The molecule has 0 spiro atoms. The number of nitrogens with two attached hydrogens (primary N) is 1. The zero-order valence-electron chi connectivity index (χ0n) is 11.4. The summed E-state index contributed by atoms with van der Waals surface area (Å²) >= 11 is 0. The molecule has 0 saturated heterocycles. The van der Waals surface area contributed by atoms with Crippen LogP contribution in [-0.2, 0) is 4.79 Å². The van der Waals surface area contributed by atoms with Gasteiger partial charge in [0.1, 0.15) is 11.7 Å². The van der Waals surface area contributed by atoms with E-state index in [1.54, 1.807) is 12.1 Å². The summed E-state index contributed by atoms with van der Waals surface area (Å²) in [6, 6.07) is 6.03. The molecule has 0 saturated carbocycles. The minimum atomic E-state index is -1.14. The predicted octanol–water partition coefficient (Wildman–Crippen LogP) is 2.18. The van der Waals surface area contributed by atoms with Crippen molar-refractivity contribution >= 4 is 11.8 Å². The molecular weight excluding hydrogens is 258 g/mol. The standard InChI is InChI=1S/C15H21NO4/c16-10-6-2-1-3-8-12(15(19)20)14(18)11-7-4-5-9-13(11)17/h4-5,7,9,12,17H,1-3,6,8,10,16H2,(H,19,20). The third-order valence-electron chi connectivity index (χ3n) is 3.23. The first kappa shape index (κ1) is 16.2. The number of phenols is 1. The molecule has 0 radical (unpaired) electrons. The number of carboxylic acids is 1. The second kappa shape index (κ2) is 8.32. The molecule has 1 atom stereocenters. The van der Waals surface area contributed by atoms with Gasteiger partial charge in [0.05, 0.1) is 5.56 Å². The minimum absolute atomic E-state index is 0.0712. The van der Waals surface area contributed by atoms with Crippen molar-refractivity contribution in [3.8, 4) is 5.75 Å². The topological polar surface area (TPSA) is 101 Å². The average molecular weight is 279 g/mol. The minimum Gasteiger partial charge on any atom is -0.507 e. The second-order valence-electron chi connectivity index (χ2n) is 4.76. The summed E-state index contributed by atoms with van der Waals surface area (Å²) in [5, 5.41) is 18.8. The number of carboxylic acid groups (broad SMARTS) is 1. The molecule has 0 aliphatic rings. The van der Waals surface area contributed by atoms with Crippen LogP contribution >= 0.6 is 0 Å². The van der Waals surface area contributed by atoms with Gasteiger partial charge in [-0.3, -0.25) is 9.59 Å². The number of unbranched alkanes of at least 4 members (excludes halogenated alkanes) is 3. The van der Waals surface area contributed by atoms with E-state index in [0.29, 0.717) is 13.0 Å². The highest BCUT2D eigenvalue weighted by Crippen LogP contribution is 2.23. The smallest absolute Gasteiger partial charge is 0.314 e. The fourth-order valence-electron chi connectivity index (χ4n) is 2.08. The highest BCUT2D eigenvalue weighted by molar-refractivity contribution is 6.09. The van der Waals surface area contributed by atoms with Crippen LogP contribution in [0.4, 0.5) is 0 Å². The summed E-state index contributed by atoms with van der Waals surface area (Å²) in [5.41, 5.74) is 5.45. The van der Waals surface area contributed by atoms with Gasteiger partial charge in [-0.15, -0.1) is 0 Å². The SMILES string of the molecule is NCCCCCCC(C(=O)O)C(=O)c1ccccc1O. The number of carbonyl (C=O) groups is 2. The molecule has 0 amide bonds. The van der Waals surface area contributed by atoms with Gasteiger partial charge in [0.15, 0.2) is 5.78 Å². The Morgan fingerprint density at radius 3 is 2.35 bits per heavy atom. The van der Waals surface area contributed by atoms with Crippen LogP contribution in [0.15, 0.2) is 24.3 Å². The Bertz CT molecular complexity index is 459.